The average Bonchev–Trinajstić information content (AvgIpc) is 3.17. The van der Waals surface area contributed by atoms with Crippen LogP contribution in [0.3, 0.4) is 0 Å². The molecular formula is C26H26F2N4O. The summed E-state index contributed by atoms with van der Waals surface area (Å²) >= 11 is 0. The summed E-state index contributed by atoms with van der Waals surface area (Å²) in [6.45, 7) is 5.58. The van der Waals surface area contributed by atoms with Crippen LogP contribution in [0.4, 0.5) is 20.2 Å². The molecule has 3 heterocycles. The number of likely N-dealkylation sites (N-methyl/N-ethyl adjacent to an activating group) is 1. The van der Waals surface area contributed by atoms with E-state index in [0.29, 0.717) is 16.8 Å². The Labute approximate surface area is 191 Å². The van der Waals surface area contributed by atoms with Crippen molar-refractivity contribution in [1.29, 1.82) is 0 Å². The molecule has 0 aliphatic carbocycles. The number of pyridine rings is 1. The smallest absolute Gasteiger partial charge is 0.141 e. The Balaban J connectivity index is 1.77. The molecule has 5 rings (SSSR count). The number of nitrogens with one attached hydrogen (secondary N) is 2. The SMILES string of the molecule is Cc1c[nH]c2c(-c3c(F)cc4c(c3F)[C@H](N(C)c3cccnc3)[C@@H](O)C(C)(C)N4)cccc12. The van der Waals surface area contributed by atoms with Crippen molar-refractivity contribution in [2.45, 2.75) is 38.5 Å². The van der Waals surface area contributed by atoms with E-state index in [0.717, 1.165) is 16.6 Å². The van der Waals surface area contributed by atoms with Gasteiger partial charge in [0.05, 0.1) is 34.5 Å². The van der Waals surface area contributed by atoms with E-state index >= 15 is 8.78 Å². The lowest BCUT2D eigenvalue weighted by atomic mass is 9.80. The number of aliphatic hydroxyl groups is 1. The highest BCUT2D eigenvalue weighted by molar-refractivity contribution is 5.96. The summed E-state index contributed by atoms with van der Waals surface area (Å²) in [5, 5.41) is 15.4. The van der Waals surface area contributed by atoms with E-state index in [-0.39, 0.29) is 11.1 Å². The number of hydrogen-bond donors (Lipinski definition) is 3. The minimum atomic E-state index is -0.980. The average molecular weight is 449 g/mol. The Kier molecular flexibility index (Phi) is 4.90. The Morgan fingerprint density at radius 3 is 2.67 bits per heavy atom. The summed E-state index contributed by atoms with van der Waals surface area (Å²) in [6, 6.07) is 9.63. The lowest BCUT2D eigenvalue weighted by Crippen LogP contribution is -2.54. The fourth-order valence-electron chi connectivity index (χ4n) is 4.88. The van der Waals surface area contributed by atoms with Crippen molar-refractivity contribution < 1.29 is 13.9 Å². The molecule has 5 nitrogen and oxygen atoms in total. The molecule has 1 aliphatic heterocycles. The number of aliphatic hydroxyl groups excluding tert-OH is 1. The van der Waals surface area contributed by atoms with Crippen molar-refractivity contribution in [3.05, 3.63) is 77.8 Å². The zero-order valence-electron chi connectivity index (χ0n) is 18.9. The van der Waals surface area contributed by atoms with Gasteiger partial charge < -0.3 is 20.3 Å². The Morgan fingerprint density at radius 1 is 1.15 bits per heavy atom. The van der Waals surface area contributed by atoms with E-state index in [9.17, 15) is 5.11 Å². The van der Waals surface area contributed by atoms with Crippen LogP contribution in [0.1, 0.15) is 31.0 Å². The monoisotopic (exact) mass is 448 g/mol. The molecule has 0 unspecified atom stereocenters. The highest BCUT2D eigenvalue weighted by Gasteiger charge is 2.45. The number of aromatic amines is 1. The van der Waals surface area contributed by atoms with Gasteiger partial charge in [-0.25, -0.2) is 8.78 Å². The number of benzene rings is 2. The van der Waals surface area contributed by atoms with E-state index in [4.69, 9.17) is 0 Å². The Morgan fingerprint density at radius 2 is 1.94 bits per heavy atom. The summed E-state index contributed by atoms with van der Waals surface area (Å²) in [5.74, 6) is -1.35. The zero-order valence-corrected chi connectivity index (χ0v) is 18.9. The van der Waals surface area contributed by atoms with Crippen LogP contribution < -0.4 is 10.2 Å². The van der Waals surface area contributed by atoms with Crippen molar-refractivity contribution in [3.63, 3.8) is 0 Å². The van der Waals surface area contributed by atoms with Gasteiger partial charge in [0.1, 0.15) is 17.7 Å². The molecule has 3 N–H and O–H groups in total. The van der Waals surface area contributed by atoms with Gasteiger partial charge in [-0.3, -0.25) is 4.98 Å². The minimum absolute atomic E-state index is 0.112. The number of aryl methyl sites for hydroxylation is 1. The normalized spacial score (nSPS) is 19.2. The van der Waals surface area contributed by atoms with Crippen LogP contribution in [0, 0.1) is 18.6 Å². The summed E-state index contributed by atoms with van der Waals surface area (Å²) in [5.41, 5.74) is 2.47. The largest absolute Gasteiger partial charge is 0.388 e. The fourth-order valence-corrected chi connectivity index (χ4v) is 4.88. The number of halogens is 2. The third-order valence-corrected chi connectivity index (χ3v) is 6.71. The van der Waals surface area contributed by atoms with E-state index in [1.165, 1.54) is 6.07 Å². The number of hydrogen-bond acceptors (Lipinski definition) is 4. The summed E-state index contributed by atoms with van der Waals surface area (Å²) in [4.78, 5) is 9.11. The third-order valence-electron chi connectivity index (χ3n) is 6.71. The highest BCUT2D eigenvalue weighted by Crippen LogP contribution is 2.47. The molecule has 4 aromatic rings. The van der Waals surface area contributed by atoms with Crippen molar-refractivity contribution in [3.8, 4) is 11.1 Å². The van der Waals surface area contributed by atoms with Gasteiger partial charge in [0.15, 0.2) is 0 Å². The quantitative estimate of drug-likeness (QED) is 0.384. The first-order valence-corrected chi connectivity index (χ1v) is 10.9. The van der Waals surface area contributed by atoms with Crippen LogP contribution in [0.5, 0.6) is 0 Å². The van der Waals surface area contributed by atoms with Gasteiger partial charge in [0.25, 0.3) is 0 Å². The molecular weight excluding hydrogens is 422 g/mol. The molecule has 0 spiro atoms. The predicted molar refractivity (Wildman–Crippen MR) is 127 cm³/mol. The molecule has 0 saturated carbocycles. The summed E-state index contributed by atoms with van der Waals surface area (Å²) in [6.07, 6.45) is 4.16. The van der Waals surface area contributed by atoms with Crippen LogP contribution >= 0.6 is 0 Å². The van der Waals surface area contributed by atoms with E-state index in [1.807, 2.05) is 39.1 Å². The van der Waals surface area contributed by atoms with Gasteiger partial charge in [0, 0.05) is 41.6 Å². The molecule has 0 bridgehead atoms. The Bertz CT molecular complexity index is 1350. The number of fused-ring (bicyclic) bond motifs is 2. The first-order chi connectivity index (χ1) is 15.7. The lowest BCUT2D eigenvalue weighted by molar-refractivity contribution is 0.0796. The number of rotatable bonds is 3. The maximum Gasteiger partial charge on any atom is 0.141 e. The van der Waals surface area contributed by atoms with Crippen LogP contribution in [0.2, 0.25) is 0 Å². The van der Waals surface area contributed by atoms with Gasteiger partial charge in [0.2, 0.25) is 0 Å². The first kappa shape index (κ1) is 21.4. The topological polar surface area (TPSA) is 64.2 Å². The molecule has 170 valence electrons. The zero-order chi connectivity index (χ0) is 23.5. The van der Waals surface area contributed by atoms with Gasteiger partial charge in [-0.1, -0.05) is 18.2 Å². The van der Waals surface area contributed by atoms with Crippen molar-refractivity contribution >= 4 is 22.3 Å². The molecule has 0 amide bonds. The molecule has 0 fully saturated rings. The second-order valence-electron chi connectivity index (χ2n) is 9.27. The van der Waals surface area contributed by atoms with Gasteiger partial charge in [-0.15, -0.1) is 0 Å². The third kappa shape index (κ3) is 3.26. The van der Waals surface area contributed by atoms with Crippen molar-refractivity contribution in [1.82, 2.24) is 9.97 Å². The number of H-pyrrole nitrogens is 1. The molecule has 33 heavy (non-hydrogen) atoms. The summed E-state index contributed by atoms with van der Waals surface area (Å²) in [7, 11) is 1.79. The van der Waals surface area contributed by atoms with Crippen LogP contribution in [-0.4, -0.2) is 33.8 Å². The van der Waals surface area contributed by atoms with Gasteiger partial charge in [-0.05, 0) is 44.5 Å². The molecule has 2 aromatic carbocycles. The molecule has 2 atom stereocenters. The van der Waals surface area contributed by atoms with Crippen LogP contribution in [0.15, 0.2) is 55.0 Å². The fraction of sp³-hybridized carbons (Fsp3) is 0.269. The number of anilines is 2. The molecule has 0 saturated heterocycles. The number of para-hydroxylation sites is 1. The molecule has 1 aliphatic rings. The van der Waals surface area contributed by atoms with E-state index in [1.54, 1.807) is 42.5 Å². The second-order valence-corrected chi connectivity index (χ2v) is 9.27. The standard InChI is InChI=1S/C26H26F2N4O/c1-14-12-30-23-16(14)8-5-9-17(23)20-18(27)11-19-21(22(20)28)24(25(33)26(2,3)31-19)32(4)15-7-6-10-29-13-15/h5-13,24-25,30-31,33H,1-4H3/t24-,25+/m0/s1. The first-order valence-electron chi connectivity index (χ1n) is 10.9. The predicted octanol–water partition coefficient (Wildman–Crippen LogP) is 5.56. The minimum Gasteiger partial charge on any atom is -0.388 e. The lowest BCUT2D eigenvalue weighted by Gasteiger charge is -2.47. The van der Waals surface area contributed by atoms with Crippen molar-refractivity contribution in [2.75, 3.05) is 17.3 Å². The van der Waals surface area contributed by atoms with Crippen molar-refractivity contribution in [2.24, 2.45) is 0 Å². The molecule has 0 radical (unpaired) electrons. The maximum atomic E-state index is 16.3. The molecule has 2 aromatic heterocycles. The maximum absolute atomic E-state index is 16.3. The molecule has 7 heteroatoms. The van der Waals surface area contributed by atoms with E-state index < -0.39 is 29.3 Å². The van der Waals surface area contributed by atoms with Gasteiger partial charge >= 0.3 is 0 Å². The second kappa shape index (κ2) is 7.56. The van der Waals surface area contributed by atoms with Crippen LogP contribution in [0.25, 0.3) is 22.0 Å². The highest BCUT2D eigenvalue weighted by atomic mass is 19.1. The van der Waals surface area contributed by atoms with Crippen LogP contribution in [-0.2, 0) is 0 Å². The summed E-state index contributed by atoms with van der Waals surface area (Å²) < 4.78 is 31.8. The Hall–Kier alpha value is -3.45. The number of nitrogens with zero attached hydrogens (tertiary/aromatic N) is 2. The van der Waals surface area contributed by atoms with E-state index in [2.05, 4.69) is 15.3 Å². The van der Waals surface area contributed by atoms with Gasteiger partial charge in [-0.2, -0.15) is 0 Å². The number of aromatic nitrogens is 2.